The van der Waals surface area contributed by atoms with Gasteiger partial charge in [-0.15, -0.1) is 0 Å². The molecular weight excluding hydrogens is 417 g/mol. The maximum absolute atomic E-state index is 13.9. The smallest absolute Gasteiger partial charge is 0.330 e. The summed E-state index contributed by atoms with van der Waals surface area (Å²) in [6.07, 6.45) is 4.01. The van der Waals surface area contributed by atoms with Gasteiger partial charge in [0.15, 0.2) is 0 Å². The average molecular weight is 446 g/mol. The molecule has 0 saturated heterocycles. The van der Waals surface area contributed by atoms with Gasteiger partial charge in [0.25, 0.3) is 0 Å². The number of ether oxygens (including phenoxy) is 2. The van der Waals surface area contributed by atoms with Gasteiger partial charge in [0, 0.05) is 18.3 Å². The van der Waals surface area contributed by atoms with Gasteiger partial charge in [-0.25, -0.2) is 9.18 Å². The van der Waals surface area contributed by atoms with Gasteiger partial charge in [-0.3, -0.25) is 0 Å². The van der Waals surface area contributed by atoms with Crippen LogP contribution in [0, 0.1) is 12.7 Å². The van der Waals surface area contributed by atoms with Gasteiger partial charge < -0.3 is 14.4 Å². The molecule has 4 nitrogen and oxygen atoms in total. The Morgan fingerprint density at radius 3 is 2.48 bits per heavy atom. The molecule has 0 saturated carbocycles. The van der Waals surface area contributed by atoms with E-state index in [1.54, 1.807) is 19.3 Å². The standard InChI is InChI=1S/C28H28FNO3/c1-19-17-23(29)10-13-26(19)30-16-15-21-18-24(32-3)11-12-25(21)28(30,2)22-8-5-20(6-9-22)7-14-27(31)33-4/h5-14,17-18H,15-16H2,1-4H3/b14-7+. The topological polar surface area (TPSA) is 38.8 Å². The first-order valence-corrected chi connectivity index (χ1v) is 10.9. The molecule has 5 heteroatoms. The largest absolute Gasteiger partial charge is 0.497 e. The van der Waals surface area contributed by atoms with Gasteiger partial charge in [-0.1, -0.05) is 30.3 Å². The first kappa shape index (κ1) is 22.6. The predicted molar refractivity (Wildman–Crippen MR) is 129 cm³/mol. The lowest BCUT2D eigenvalue weighted by molar-refractivity contribution is -0.134. The van der Waals surface area contributed by atoms with Gasteiger partial charge in [-0.05, 0) is 84.5 Å². The molecule has 4 rings (SSSR count). The highest BCUT2D eigenvalue weighted by Crippen LogP contribution is 2.45. The Hall–Kier alpha value is -3.60. The third-order valence-electron chi connectivity index (χ3n) is 6.52. The third kappa shape index (κ3) is 4.23. The molecule has 170 valence electrons. The number of hydrogen-bond donors (Lipinski definition) is 0. The Bertz CT molecular complexity index is 1200. The third-order valence-corrected chi connectivity index (χ3v) is 6.52. The molecule has 0 aromatic heterocycles. The fourth-order valence-electron chi connectivity index (χ4n) is 4.73. The number of methoxy groups -OCH3 is 2. The van der Waals surface area contributed by atoms with E-state index >= 15 is 0 Å². The number of aryl methyl sites for hydroxylation is 1. The molecule has 3 aromatic carbocycles. The molecule has 1 heterocycles. The fraction of sp³-hybridized carbons (Fsp3) is 0.250. The summed E-state index contributed by atoms with van der Waals surface area (Å²) in [6.45, 7) is 4.94. The second-order valence-corrected chi connectivity index (χ2v) is 8.41. The average Bonchev–Trinajstić information content (AvgIpc) is 2.83. The maximum atomic E-state index is 13.9. The summed E-state index contributed by atoms with van der Waals surface area (Å²) in [4.78, 5) is 13.8. The van der Waals surface area contributed by atoms with Crippen molar-refractivity contribution in [3.8, 4) is 5.75 Å². The van der Waals surface area contributed by atoms with Gasteiger partial charge in [0.2, 0.25) is 0 Å². The van der Waals surface area contributed by atoms with Crippen molar-refractivity contribution in [3.63, 3.8) is 0 Å². The lowest BCUT2D eigenvalue weighted by Gasteiger charge is -2.48. The van der Waals surface area contributed by atoms with Crippen LogP contribution in [-0.2, 0) is 21.5 Å². The highest BCUT2D eigenvalue weighted by atomic mass is 19.1. The van der Waals surface area contributed by atoms with Crippen LogP contribution in [0.3, 0.4) is 0 Å². The molecule has 0 N–H and O–H groups in total. The fourth-order valence-corrected chi connectivity index (χ4v) is 4.73. The van der Waals surface area contributed by atoms with E-state index in [0.29, 0.717) is 0 Å². The highest BCUT2D eigenvalue weighted by molar-refractivity contribution is 5.86. The van der Waals surface area contributed by atoms with Gasteiger partial charge in [0.05, 0.1) is 19.8 Å². The Kier molecular flexibility index (Phi) is 6.23. The van der Waals surface area contributed by atoms with E-state index in [2.05, 4.69) is 40.8 Å². The molecule has 0 bridgehead atoms. The maximum Gasteiger partial charge on any atom is 0.330 e. The van der Waals surface area contributed by atoms with E-state index in [0.717, 1.165) is 41.1 Å². The quantitative estimate of drug-likeness (QED) is 0.376. The summed E-state index contributed by atoms with van der Waals surface area (Å²) < 4.78 is 24.0. The number of benzene rings is 3. The number of carbonyl (C=O) groups is 1. The predicted octanol–water partition coefficient (Wildman–Crippen LogP) is 5.66. The van der Waals surface area contributed by atoms with Crippen LogP contribution >= 0.6 is 0 Å². The highest BCUT2D eigenvalue weighted by Gasteiger charge is 2.41. The zero-order valence-corrected chi connectivity index (χ0v) is 19.4. The van der Waals surface area contributed by atoms with Crippen molar-refractivity contribution in [1.29, 1.82) is 0 Å². The number of halogens is 1. The van der Waals surface area contributed by atoms with Crippen LogP contribution in [0.2, 0.25) is 0 Å². The van der Waals surface area contributed by atoms with E-state index < -0.39 is 5.54 Å². The summed E-state index contributed by atoms with van der Waals surface area (Å²) in [5.74, 6) is 0.215. The second-order valence-electron chi connectivity index (χ2n) is 8.41. The van der Waals surface area contributed by atoms with Crippen molar-refractivity contribution < 1.29 is 18.7 Å². The Balaban J connectivity index is 1.84. The van der Waals surface area contributed by atoms with Crippen molar-refractivity contribution in [2.45, 2.75) is 25.8 Å². The Labute approximate surface area is 194 Å². The van der Waals surface area contributed by atoms with Gasteiger partial charge >= 0.3 is 5.97 Å². The summed E-state index contributed by atoms with van der Waals surface area (Å²) in [5.41, 5.74) is 5.87. The Morgan fingerprint density at radius 1 is 1.06 bits per heavy atom. The van der Waals surface area contributed by atoms with Crippen LogP contribution in [0.4, 0.5) is 10.1 Å². The lowest BCUT2D eigenvalue weighted by Crippen LogP contribution is -2.50. The van der Waals surface area contributed by atoms with E-state index in [4.69, 9.17) is 4.74 Å². The lowest BCUT2D eigenvalue weighted by atomic mass is 9.76. The van der Waals surface area contributed by atoms with Crippen LogP contribution in [0.25, 0.3) is 6.08 Å². The first-order chi connectivity index (χ1) is 15.9. The summed E-state index contributed by atoms with van der Waals surface area (Å²) >= 11 is 0. The van der Waals surface area contributed by atoms with Crippen LogP contribution in [-0.4, -0.2) is 26.7 Å². The van der Waals surface area contributed by atoms with Crippen molar-refractivity contribution in [2.75, 3.05) is 25.7 Å². The molecule has 1 aliphatic heterocycles. The number of anilines is 1. The van der Waals surface area contributed by atoms with Gasteiger partial charge in [0.1, 0.15) is 11.6 Å². The summed E-state index contributed by atoms with van der Waals surface area (Å²) in [6, 6.07) is 19.4. The second kappa shape index (κ2) is 9.10. The number of hydrogen-bond acceptors (Lipinski definition) is 4. The molecular formula is C28H28FNO3. The molecule has 33 heavy (non-hydrogen) atoms. The molecule has 0 radical (unpaired) electrons. The van der Waals surface area contributed by atoms with E-state index in [-0.39, 0.29) is 11.8 Å². The van der Waals surface area contributed by atoms with E-state index in [1.165, 1.54) is 30.4 Å². The first-order valence-electron chi connectivity index (χ1n) is 10.9. The monoisotopic (exact) mass is 445 g/mol. The number of nitrogens with zero attached hydrogens (tertiary/aromatic N) is 1. The molecule has 1 aliphatic rings. The van der Waals surface area contributed by atoms with Crippen molar-refractivity contribution >= 4 is 17.7 Å². The van der Waals surface area contributed by atoms with Crippen molar-refractivity contribution in [2.24, 2.45) is 0 Å². The molecule has 1 atom stereocenters. The molecule has 3 aromatic rings. The normalized spacial score (nSPS) is 17.7. The minimum Gasteiger partial charge on any atom is -0.497 e. The molecule has 0 fully saturated rings. The zero-order chi connectivity index (χ0) is 23.6. The van der Waals surface area contributed by atoms with Crippen LogP contribution in [0.5, 0.6) is 5.75 Å². The van der Waals surface area contributed by atoms with Crippen LogP contribution < -0.4 is 9.64 Å². The van der Waals surface area contributed by atoms with Gasteiger partial charge in [-0.2, -0.15) is 0 Å². The Morgan fingerprint density at radius 2 is 1.82 bits per heavy atom. The molecule has 1 unspecified atom stereocenters. The van der Waals surface area contributed by atoms with E-state index in [1.807, 2.05) is 31.2 Å². The number of fused-ring (bicyclic) bond motifs is 1. The zero-order valence-electron chi connectivity index (χ0n) is 19.4. The summed E-state index contributed by atoms with van der Waals surface area (Å²) in [5, 5.41) is 0. The molecule has 0 amide bonds. The summed E-state index contributed by atoms with van der Waals surface area (Å²) in [7, 11) is 3.04. The van der Waals surface area contributed by atoms with Crippen molar-refractivity contribution in [1.82, 2.24) is 0 Å². The van der Waals surface area contributed by atoms with Crippen LogP contribution in [0.1, 0.15) is 34.7 Å². The molecule has 0 aliphatic carbocycles. The molecule has 0 spiro atoms. The SMILES string of the molecule is COC(=O)/C=C/c1ccc(C2(C)c3ccc(OC)cc3CCN2c2ccc(F)cc2C)cc1. The minimum absolute atomic E-state index is 0.234. The van der Waals surface area contributed by atoms with Crippen LogP contribution in [0.15, 0.2) is 66.7 Å². The number of esters is 1. The minimum atomic E-state index is -0.479. The van der Waals surface area contributed by atoms with Crippen molar-refractivity contribution in [3.05, 3.63) is 100 Å². The number of carbonyl (C=O) groups excluding carboxylic acids is 1. The number of rotatable bonds is 5. The van der Waals surface area contributed by atoms with E-state index in [9.17, 15) is 9.18 Å².